The average molecular weight is 367 g/mol. The molecule has 1 atom stereocenters. The molecule has 0 heterocycles. The first-order valence-corrected chi connectivity index (χ1v) is 10.8. The van der Waals surface area contributed by atoms with E-state index >= 15 is 0 Å². The Balaban J connectivity index is 2.08. The molecule has 1 saturated carbocycles. The van der Waals surface area contributed by atoms with Crippen LogP contribution in [0.1, 0.15) is 57.1 Å². The maximum absolute atomic E-state index is 12.8. The highest BCUT2D eigenvalue weighted by Gasteiger charge is 2.34. The molecule has 0 saturated heterocycles. The number of sulfone groups is 1. The summed E-state index contributed by atoms with van der Waals surface area (Å²) in [6, 6.07) is 6.65. The second kappa shape index (κ2) is 7.87. The van der Waals surface area contributed by atoms with Crippen LogP contribution in [0.5, 0.6) is 0 Å². The van der Waals surface area contributed by atoms with Gasteiger partial charge in [-0.05, 0) is 49.4 Å². The molecule has 2 N–H and O–H groups in total. The highest BCUT2D eigenvalue weighted by Crippen LogP contribution is 2.39. The van der Waals surface area contributed by atoms with Crippen LogP contribution in [0.4, 0.5) is 0 Å². The number of carbonyl (C=O) groups is 1. The molecule has 0 bridgehead atoms. The van der Waals surface area contributed by atoms with Gasteiger partial charge in [0, 0.05) is 19.7 Å². The zero-order chi connectivity index (χ0) is 18.7. The fraction of sp³-hybridized carbons (Fsp3) is 0.632. The Morgan fingerprint density at radius 3 is 2.24 bits per heavy atom. The van der Waals surface area contributed by atoms with Gasteiger partial charge in [0.1, 0.15) is 0 Å². The number of carbonyl (C=O) groups excluding carboxylic acids is 1. The number of rotatable bonds is 6. The summed E-state index contributed by atoms with van der Waals surface area (Å²) in [5.41, 5.74) is 6.88. The predicted molar refractivity (Wildman–Crippen MR) is 99.9 cm³/mol. The van der Waals surface area contributed by atoms with E-state index in [1.807, 2.05) is 14.0 Å². The number of nitrogens with two attached hydrogens (primary N) is 1. The Kier molecular flexibility index (Phi) is 6.27. The summed E-state index contributed by atoms with van der Waals surface area (Å²) in [5.74, 6) is 0.104. The van der Waals surface area contributed by atoms with E-state index in [0.29, 0.717) is 17.9 Å². The minimum Gasteiger partial charge on any atom is -0.339 e. The van der Waals surface area contributed by atoms with E-state index in [0.717, 1.165) is 31.2 Å². The molecule has 1 aliphatic rings. The molecule has 2 rings (SSSR count). The van der Waals surface area contributed by atoms with Crippen LogP contribution in [-0.4, -0.2) is 39.1 Å². The summed E-state index contributed by atoms with van der Waals surface area (Å²) in [5, 5.41) is 0. The Labute approximate surface area is 151 Å². The number of amides is 1. The van der Waals surface area contributed by atoms with Gasteiger partial charge in [-0.3, -0.25) is 4.79 Å². The van der Waals surface area contributed by atoms with Gasteiger partial charge in [-0.15, -0.1) is 0 Å². The normalized spacial score (nSPS) is 18.6. The number of hydrogen-bond donors (Lipinski definition) is 1. The summed E-state index contributed by atoms with van der Waals surface area (Å²) in [4.78, 5) is 14.8. The Bertz CT molecular complexity index is 692. The molecule has 0 radical (unpaired) electrons. The molecule has 25 heavy (non-hydrogen) atoms. The van der Waals surface area contributed by atoms with Gasteiger partial charge in [-0.25, -0.2) is 8.42 Å². The molecule has 5 nitrogen and oxygen atoms in total. The lowest BCUT2D eigenvalue weighted by molar-refractivity contribution is -0.134. The minimum absolute atomic E-state index is 0.0521. The molecule has 1 aromatic rings. The van der Waals surface area contributed by atoms with Crippen LogP contribution in [0.25, 0.3) is 0 Å². The van der Waals surface area contributed by atoms with E-state index < -0.39 is 9.84 Å². The van der Waals surface area contributed by atoms with E-state index in [-0.39, 0.29) is 17.4 Å². The van der Waals surface area contributed by atoms with Gasteiger partial charge in [0.25, 0.3) is 0 Å². The van der Waals surface area contributed by atoms with Crippen LogP contribution in [0, 0.1) is 5.41 Å². The third kappa shape index (κ3) is 4.82. The standard InChI is InChI=1S/C19H30N2O3S/c1-15(16-7-9-17(10-8-16)25(3,23)24)21(2)18(22)13-19(14-20)11-5-4-6-12-19/h7-10,15H,4-6,11-14,20H2,1-3H3. The zero-order valence-corrected chi connectivity index (χ0v) is 16.3. The van der Waals surface area contributed by atoms with Crippen molar-refractivity contribution in [2.24, 2.45) is 11.1 Å². The van der Waals surface area contributed by atoms with Gasteiger partial charge in [0.2, 0.25) is 5.91 Å². The highest BCUT2D eigenvalue weighted by atomic mass is 32.2. The first kappa shape index (κ1) is 19.9. The fourth-order valence-corrected chi connectivity index (χ4v) is 4.26. The fourth-order valence-electron chi connectivity index (χ4n) is 3.63. The van der Waals surface area contributed by atoms with Crippen LogP contribution in [0.3, 0.4) is 0 Å². The minimum atomic E-state index is -3.21. The maximum Gasteiger partial charge on any atom is 0.223 e. The van der Waals surface area contributed by atoms with Gasteiger partial charge in [-0.2, -0.15) is 0 Å². The third-order valence-electron chi connectivity index (χ3n) is 5.64. The highest BCUT2D eigenvalue weighted by molar-refractivity contribution is 7.90. The van der Waals surface area contributed by atoms with Crippen LogP contribution >= 0.6 is 0 Å². The molecule has 1 amide bonds. The second-order valence-electron chi connectivity index (χ2n) is 7.46. The smallest absolute Gasteiger partial charge is 0.223 e. The molecular formula is C19H30N2O3S. The van der Waals surface area contributed by atoms with Crippen molar-refractivity contribution in [1.82, 2.24) is 4.90 Å². The van der Waals surface area contributed by atoms with E-state index in [4.69, 9.17) is 5.73 Å². The lowest BCUT2D eigenvalue weighted by Crippen LogP contribution is -2.40. The largest absolute Gasteiger partial charge is 0.339 e. The van der Waals surface area contributed by atoms with E-state index in [1.165, 1.54) is 12.7 Å². The van der Waals surface area contributed by atoms with E-state index in [1.54, 1.807) is 29.2 Å². The molecule has 140 valence electrons. The molecule has 1 aromatic carbocycles. The van der Waals surface area contributed by atoms with Gasteiger partial charge in [0.15, 0.2) is 9.84 Å². The zero-order valence-electron chi connectivity index (χ0n) is 15.5. The third-order valence-corrected chi connectivity index (χ3v) is 6.77. The molecule has 0 spiro atoms. The van der Waals surface area contributed by atoms with Crippen LogP contribution in [-0.2, 0) is 14.6 Å². The molecule has 6 heteroatoms. The summed E-state index contributed by atoms with van der Waals surface area (Å²) in [7, 11) is -1.40. The number of hydrogen-bond acceptors (Lipinski definition) is 4. The van der Waals surface area contributed by atoms with Crippen LogP contribution in [0.15, 0.2) is 29.2 Å². The number of nitrogens with zero attached hydrogens (tertiary/aromatic N) is 1. The topological polar surface area (TPSA) is 80.5 Å². The monoisotopic (exact) mass is 366 g/mol. The SMILES string of the molecule is CC(c1ccc(S(C)(=O)=O)cc1)N(C)C(=O)CC1(CN)CCCCC1. The van der Waals surface area contributed by atoms with E-state index in [2.05, 4.69) is 0 Å². The summed E-state index contributed by atoms with van der Waals surface area (Å²) in [6.07, 6.45) is 7.27. The summed E-state index contributed by atoms with van der Waals surface area (Å²) < 4.78 is 23.1. The lowest BCUT2D eigenvalue weighted by Gasteiger charge is -2.37. The van der Waals surface area contributed by atoms with Crippen molar-refractivity contribution < 1.29 is 13.2 Å². The average Bonchev–Trinajstić information content (AvgIpc) is 2.60. The molecule has 1 unspecified atom stereocenters. The first-order chi connectivity index (χ1) is 11.7. The lowest BCUT2D eigenvalue weighted by atomic mass is 9.71. The van der Waals surface area contributed by atoms with Gasteiger partial charge >= 0.3 is 0 Å². The molecule has 0 aliphatic heterocycles. The summed E-state index contributed by atoms with van der Waals surface area (Å²) >= 11 is 0. The second-order valence-corrected chi connectivity index (χ2v) is 9.48. The Morgan fingerprint density at radius 1 is 1.20 bits per heavy atom. The van der Waals surface area contributed by atoms with Gasteiger partial charge in [-0.1, -0.05) is 31.4 Å². The van der Waals surface area contributed by atoms with Crippen molar-refractivity contribution in [2.75, 3.05) is 19.8 Å². The van der Waals surface area contributed by atoms with Crippen molar-refractivity contribution in [1.29, 1.82) is 0 Å². The summed E-state index contributed by atoms with van der Waals surface area (Å²) in [6.45, 7) is 2.52. The first-order valence-electron chi connectivity index (χ1n) is 8.94. The quantitative estimate of drug-likeness (QED) is 0.839. The Morgan fingerprint density at radius 2 is 1.76 bits per heavy atom. The number of benzene rings is 1. The molecule has 0 aromatic heterocycles. The van der Waals surface area contributed by atoms with Crippen molar-refractivity contribution in [3.8, 4) is 0 Å². The van der Waals surface area contributed by atoms with Crippen molar-refractivity contribution in [3.63, 3.8) is 0 Å². The molecule has 1 aliphatic carbocycles. The van der Waals surface area contributed by atoms with Crippen LogP contribution < -0.4 is 5.73 Å². The molecular weight excluding hydrogens is 336 g/mol. The van der Waals surface area contributed by atoms with Crippen molar-refractivity contribution in [2.45, 2.75) is 56.4 Å². The van der Waals surface area contributed by atoms with Crippen molar-refractivity contribution in [3.05, 3.63) is 29.8 Å². The Hall–Kier alpha value is -1.40. The van der Waals surface area contributed by atoms with E-state index in [9.17, 15) is 13.2 Å². The van der Waals surface area contributed by atoms with Crippen molar-refractivity contribution >= 4 is 15.7 Å². The van der Waals surface area contributed by atoms with Crippen LogP contribution in [0.2, 0.25) is 0 Å². The van der Waals surface area contributed by atoms with Gasteiger partial charge < -0.3 is 10.6 Å². The molecule has 1 fully saturated rings. The van der Waals surface area contributed by atoms with Gasteiger partial charge in [0.05, 0.1) is 10.9 Å². The maximum atomic E-state index is 12.8. The predicted octanol–water partition coefficient (Wildman–Crippen LogP) is 2.91.